The first-order chi connectivity index (χ1) is 21.2. The second-order valence-corrected chi connectivity index (χ2v) is 11.3. The van der Waals surface area contributed by atoms with Crippen LogP contribution in [0.25, 0.3) is 71.9 Å². The summed E-state index contributed by atoms with van der Waals surface area (Å²) in [6.07, 6.45) is 0. The summed E-state index contributed by atoms with van der Waals surface area (Å²) in [6, 6.07) is 52.2. The van der Waals surface area contributed by atoms with E-state index in [1.165, 1.54) is 60.6 Å². The Morgan fingerprint density at radius 3 is 1.91 bits per heavy atom. The number of pyridine rings is 1. The Labute approximate surface area is 251 Å². The van der Waals surface area contributed by atoms with Crippen LogP contribution in [-0.2, 0) is 0 Å². The number of nitrogens with zero attached hydrogens (tertiary/aromatic N) is 2. The van der Waals surface area contributed by atoms with Crippen LogP contribution >= 0.6 is 0 Å². The molecule has 0 amide bonds. The average Bonchev–Trinajstić information content (AvgIpc) is 3.39. The van der Waals surface area contributed by atoms with Crippen molar-refractivity contribution in [1.82, 2.24) is 9.55 Å². The summed E-state index contributed by atoms with van der Waals surface area (Å²) < 4.78 is 2.36. The highest BCUT2D eigenvalue weighted by atomic mass is 15.0. The normalized spacial score (nSPS) is 11.5. The number of hydrogen-bond donors (Lipinski definition) is 0. The summed E-state index contributed by atoms with van der Waals surface area (Å²) >= 11 is 0. The number of benzene rings is 6. The van der Waals surface area contributed by atoms with Gasteiger partial charge in [-0.05, 0) is 95.8 Å². The molecule has 2 aromatic heterocycles. The van der Waals surface area contributed by atoms with Gasteiger partial charge in [-0.2, -0.15) is 0 Å². The molecule has 43 heavy (non-hydrogen) atoms. The second kappa shape index (κ2) is 10.1. The third-order valence-corrected chi connectivity index (χ3v) is 8.65. The topological polar surface area (TPSA) is 17.8 Å². The molecule has 8 rings (SSSR count). The van der Waals surface area contributed by atoms with Crippen molar-refractivity contribution in [2.45, 2.75) is 13.8 Å². The van der Waals surface area contributed by atoms with Crippen LogP contribution in [0.3, 0.4) is 0 Å². The third-order valence-electron chi connectivity index (χ3n) is 8.65. The molecule has 0 N–H and O–H groups in total. The molecule has 0 aliphatic heterocycles. The highest BCUT2D eigenvalue weighted by molar-refractivity contribution is 6.10. The summed E-state index contributed by atoms with van der Waals surface area (Å²) in [5.41, 5.74) is 14.1. The van der Waals surface area contributed by atoms with Crippen molar-refractivity contribution in [3.05, 3.63) is 157 Å². The number of fused-ring (bicyclic) bond motifs is 4. The van der Waals surface area contributed by atoms with Gasteiger partial charge in [0.1, 0.15) is 0 Å². The van der Waals surface area contributed by atoms with Gasteiger partial charge in [0, 0.05) is 27.4 Å². The lowest BCUT2D eigenvalue weighted by molar-refractivity contribution is 1.18. The van der Waals surface area contributed by atoms with Crippen LogP contribution in [0.4, 0.5) is 0 Å². The second-order valence-electron chi connectivity index (χ2n) is 11.3. The van der Waals surface area contributed by atoms with Gasteiger partial charge in [-0.15, -0.1) is 0 Å². The third kappa shape index (κ3) is 4.23. The minimum absolute atomic E-state index is 0.982. The Balaban J connectivity index is 1.38. The summed E-state index contributed by atoms with van der Waals surface area (Å²) in [5, 5.41) is 3.64. The Morgan fingerprint density at radius 1 is 0.465 bits per heavy atom. The van der Waals surface area contributed by atoms with Crippen LogP contribution in [0.5, 0.6) is 0 Å². The van der Waals surface area contributed by atoms with Crippen LogP contribution < -0.4 is 0 Å². The van der Waals surface area contributed by atoms with Crippen molar-refractivity contribution in [2.24, 2.45) is 0 Å². The summed E-state index contributed by atoms with van der Waals surface area (Å²) in [5.74, 6) is 0. The van der Waals surface area contributed by atoms with Gasteiger partial charge in [0.15, 0.2) is 0 Å². The number of aryl methyl sites for hydroxylation is 2. The van der Waals surface area contributed by atoms with Gasteiger partial charge < -0.3 is 4.57 Å². The lowest BCUT2D eigenvalue weighted by Gasteiger charge is -2.16. The van der Waals surface area contributed by atoms with Crippen LogP contribution in [0, 0.1) is 13.8 Å². The lowest BCUT2D eigenvalue weighted by Crippen LogP contribution is -1.95. The molecule has 0 aliphatic carbocycles. The van der Waals surface area contributed by atoms with E-state index in [1.54, 1.807) is 0 Å². The maximum atomic E-state index is 5.27. The fourth-order valence-corrected chi connectivity index (χ4v) is 6.62. The SMILES string of the molecule is Cc1cccc(C)c1-c1cc(-c2ccc3c(c2)c2ccccc2n3-c2ccccc2)nc2ccc(-c3ccccc3)cc12. The first-order valence-electron chi connectivity index (χ1n) is 14.8. The highest BCUT2D eigenvalue weighted by Gasteiger charge is 2.17. The van der Waals surface area contributed by atoms with E-state index < -0.39 is 0 Å². The molecule has 2 heteroatoms. The van der Waals surface area contributed by atoms with Crippen LogP contribution in [0.15, 0.2) is 146 Å². The molecule has 204 valence electrons. The van der Waals surface area contributed by atoms with Gasteiger partial charge in [-0.25, -0.2) is 4.98 Å². The molecule has 0 fully saturated rings. The average molecular weight is 551 g/mol. The van der Waals surface area contributed by atoms with Crippen molar-refractivity contribution >= 4 is 32.7 Å². The molecule has 2 heterocycles. The molecule has 0 saturated carbocycles. The van der Waals surface area contributed by atoms with Gasteiger partial charge in [-0.3, -0.25) is 0 Å². The Hall–Kier alpha value is -5.47. The molecule has 6 aromatic carbocycles. The highest BCUT2D eigenvalue weighted by Crippen LogP contribution is 2.39. The first kappa shape index (κ1) is 25.3. The van der Waals surface area contributed by atoms with Crippen molar-refractivity contribution < 1.29 is 0 Å². The van der Waals surface area contributed by atoms with E-state index in [0.717, 1.165) is 22.5 Å². The number of para-hydroxylation sites is 2. The van der Waals surface area contributed by atoms with E-state index in [2.05, 4.69) is 164 Å². The minimum Gasteiger partial charge on any atom is -0.309 e. The molecule has 2 nitrogen and oxygen atoms in total. The Kier molecular flexibility index (Phi) is 5.94. The Bertz CT molecular complexity index is 2270. The number of hydrogen-bond acceptors (Lipinski definition) is 1. The number of rotatable bonds is 4. The van der Waals surface area contributed by atoms with Gasteiger partial charge in [-0.1, -0.05) is 97.1 Å². The predicted octanol–water partition coefficient (Wildman–Crippen LogP) is 10.9. The number of aromatic nitrogens is 2. The summed E-state index contributed by atoms with van der Waals surface area (Å²) in [6.45, 7) is 4.42. The Morgan fingerprint density at radius 2 is 1.12 bits per heavy atom. The maximum Gasteiger partial charge on any atom is 0.0716 e. The van der Waals surface area contributed by atoms with E-state index in [4.69, 9.17) is 4.98 Å². The lowest BCUT2D eigenvalue weighted by atomic mass is 9.90. The molecule has 8 aromatic rings. The van der Waals surface area contributed by atoms with Gasteiger partial charge in [0.2, 0.25) is 0 Å². The molecule has 0 radical (unpaired) electrons. The molecule has 0 bridgehead atoms. The molecule has 0 spiro atoms. The van der Waals surface area contributed by atoms with Crippen molar-refractivity contribution in [3.63, 3.8) is 0 Å². The molecular formula is C41H30N2. The standard InChI is InChI=1S/C41H30N2/c1-27-12-11-13-28(2)41(27)36-26-38(42-37-22-20-30(24-34(36)37)29-14-5-3-6-15-29)31-21-23-40-35(25-31)33-18-9-10-19-39(33)43(40)32-16-7-4-8-17-32/h3-26H,1-2H3. The molecule has 0 aliphatic rings. The quantitative estimate of drug-likeness (QED) is 0.213. The first-order valence-corrected chi connectivity index (χ1v) is 14.8. The largest absolute Gasteiger partial charge is 0.309 e. The molecular weight excluding hydrogens is 520 g/mol. The zero-order chi connectivity index (χ0) is 28.9. The fourth-order valence-electron chi connectivity index (χ4n) is 6.62. The van der Waals surface area contributed by atoms with Crippen LogP contribution in [-0.4, -0.2) is 9.55 Å². The maximum absolute atomic E-state index is 5.27. The predicted molar refractivity (Wildman–Crippen MR) is 182 cm³/mol. The van der Waals surface area contributed by atoms with E-state index in [1.807, 2.05) is 0 Å². The van der Waals surface area contributed by atoms with Crippen molar-refractivity contribution in [2.75, 3.05) is 0 Å². The summed E-state index contributed by atoms with van der Waals surface area (Å²) in [7, 11) is 0. The van der Waals surface area contributed by atoms with E-state index in [0.29, 0.717) is 0 Å². The van der Waals surface area contributed by atoms with Gasteiger partial charge in [0.25, 0.3) is 0 Å². The monoisotopic (exact) mass is 550 g/mol. The van der Waals surface area contributed by atoms with Crippen LogP contribution in [0.1, 0.15) is 11.1 Å². The molecule has 0 saturated heterocycles. The van der Waals surface area contributed by atoms with E-state index in [-0.39, 0.29) is 0 Å². The van der Waals surface area contributed by atoms with Gasteiger partial charge >= 0.3 is 0 Å². The zero-order valence-corrected chi connectivity index (χ0v) is 24.3. The fraction of sp³-hybridized carbons (Fsp3) is 0.0488. The smallest absolute Gasteiger partial charge is 0.0716 e. The van der Waals surface area contributed by atoms with Crippen LogP contribution in [0.2, 0.25) is 0 Å². The van der Waals surface area contributed by atoms with Crippen molar-refractivity contribution in [1.29, 1.82) is 0 Å². The molecule has 0 atom stereocenters. The molecule has 0 unspecified atom stereocenters. The van der Waals surface area contributed by atoms with Crippen molar-refractivity contribution in [3.8, 4) is 39.2 Å². The minimum atomic E-state index is 0.982. The van der Waals surface area contributed by atoms with E-state index >= 15 is 0 Å². The zero-order valence-electron chi connectivity index (χ0n) is 24.3. The van der Waals surface area contributed by atoms with E-state index in [9.17, 15) is 0 Å². The van der Waals surface area contributed by atoms with Gasteiger partial charge in [0.05, 0.1) is 22.2 Å². The summed E-state index contributed by atoms with van der Waals surface area (Å²) in [4.78, 5) is 5.27.